The second kappa shape index (κ2) is 7.11. The van der Waals surface area contributed by atoms with Gasteiger partial charge in [0, 0.05) is 38.3 Å². The molecule has 0 bridgehead atoms. The third-order valence-corrected chi connectivity index (χ3v) is 6.80. The van der Waals surface area contributed by atoms with E-state index in [9.17, 15) is 9.59 Å². The molecule has 3 heterocycles. The predicted octanol–water partition coefficient (Wildman–Crippen LogP) is 2.75. The number of hydrogen-bond acceptors (Lipinski definition) is 4. The molecule has 2 amide bonds. The van der Waals surface area contributed by atoms with Crippen LogP contribution < -0.4 is 0 Å². The van der Waals surface area contributed by atoms with Crippen LogP contribution in [0.25, 0.3) is 0 Å². The van der Waals surface area contributed by atoms with Crippen LogP contribution in [0, 0.1) is 12.3 Å². The number of aryl methyl sites for hydroxylation is 1. The molecule has 6 nitrogen and oxygen atoms in total. The van der Waals surface area contributed by atoms with Gasteiger partial charge < -0.3 is 9.80 Å². The number of hydrogen-bond donors (Lipinski definition) is 1. The Morgan fingerprint density at radius 3 is 2.78 bits per heavy atom. The van der Waals surface area contributed by atoms with E-state index >= 15 is 0 Å². The number of piperidine rings is 1. The number of amides is 2. The van der Waals surface area contributed by atoms with Gasteiger partial charge in [-0.3, -0.25) is 14.7 Å². The van der Waals surface area contributed by atoms with Crippen molar-refractivity contribution < 1.29 is 9.59 Å². The third-order valence-electron chi connectivity index (χ3n) is 6.06. The maximum Gasteiger partial charge on any atom is 0.228 e. The average Bonchev–Trinajstić information content (AvgIpc) is 3.00. The molecular formula is C20H26N4O2S. The van der Waals surface area contributed by atoms with Gasteiger partial charge in [0.15, 0.2) is 0 Å². The number of H-pyrrole nitrogens is 1. The minimum atomic E-state index is 0.148. The molecule has 4 rings (SSSR count). The summed E-state index contributed by atoms with van der Waals surface area (Å²) in [5.74, 6) is 0.297. The summed E-state index contributed by atoms with van der Waals surface area (Å²) in [5.41, 5.74) is 3.20. The number of aromatic nitrogens is 2. The standard InChI is InChI=1S/C20H26N4O2S/c1-14-9-17(22-21-14)10-19(26)23-6-4-20(5-7-23)11-18(20)24(15(2)25)12-16-3-8-27-13-16/h3,8-9,13,18H,4-7,10-12H2,1-2H3,(H,21,22). The lowest BCUT2D eigenvalue weighted by molar-refractivity contribution is -0.134. The van der Waals surface area contributed by atoms with Crippen molar-refractivity contribution in [1.82, 2.24) is 20.0 Å². The van der Waals surface area contributed by atoms with E-state index in [4.69, 9.17) is 0 Å². The molecule has 1 aliphatic heterocycles. The maximum atomic E-state index is 12.6. The summed E-state index contributed by atoms with van der Waals surface area (Å²) in [5, 5.41) is 11.2. The van der Waals surface area contributed by atoms with E-state index in [2.05, 4.69) is 27.0 Å². The van der Waals surface area contributed by atoms with Gasteiger partial charge in [0.1, 0.15) is 0 Å². The summed E-state index contributed by atoms with van der Waals surface area (Å²) in [4.78, 5) is 28.8. The highest BCUT2D eigenvalue weighted by molar-refractivity contribution is 7.07. The zero-order valence-electron chi connectivity index (χ0n) is 15.9. The predicted molar refractivity (Wildman–Crippen MR) is 104 cm³/mol. The Labute approximate surface area is 163 Å². The molecule has 1 saturated heterocycles. The first-order valence-electron chi connectivity index (χ1n) is 9.54. The van der Waals surface area contributed by atoms with Crippen molar-refractivity contribution in [3.8, 4) is 0 Å². The Morgan fingerprint density at radius 2 is 2.19 bits per heavy atom. The summed E-state index contributed by atoms with van der Waals surface area (Å²) in [6.45, 7) is 5.87. The SMILES string of the molecule is CC(=O)N(Cc1ccsc1)C1CC12CCN(C(=O)Cc1cc(C)[nH]n1)CC2. The van der Waals surface area contributed by atoms with Crippen LogP contribution in [0.15, 0.2) is 22.9 Å². The second-order valence-corrected chi connectivity index (χ2v) is 8.74. The van der Waals surface area contributed by atoms with Crippen molar-refractivity contribution in [2.45, 2.75) is 52.1 Å². The largest absolute Gasteiger partial charge is 0.342 e. The van der Waals surface area contributed by atoms with Crippen molar-refractivity contribution in [2.75, 3.05) is 13.1 Å². The molecule has 27 heavy (non-hydrogen) atoms. The van der Waals surface area contributed by atoms with Crippen molar-refractivity contribution in [1.29, 1.82) is 0 Å². The van der Waals surface area contributed by atoms with Crippen LogP contribution in [0.3, 0.4) is 0 Å². The van der Waals surface area contributed by atoms with Gasteiger partial charge in [-0.25, -0.2) is 0 Å². The summed E-state index contributed by atoms with van der Waals surface area (Å²) in [6.07, 6.45) is 3.39. The van der Waals surface area contributed by atoms with Gasteiger partial charge >= 0.3 is 0 Å². The summed E-state index contributed by atoms with van der Waals surface area (Å²) < 4.78 is 0. The number of likely N-dealkylation sites (tertiary alicyclic amines) is 1. The van der Waals surface area contributed by atoms with Crippen LogP contribution in [-0.2, 0) is 22.6 Å². The fourth-order valence-electron chi connectivity index (χ4n) is 4.36. The fourth-order valence-corrected chi connectivity index (χ4v) is 5.02. The van der Waals surface area contributed by atoms with Crippen molar-refractivity contribution in [2.24, 2.45) is 5.41 Å². The lowest BCUT2D eigenvalue weighted by atomic mass is 9.92. The van der Waals surface area contributed by atoms with Crippen LogP contribution in [-0.4, -0.2) is 50.9 Å². The molecular weight excluding hydrogens is 360 g/mol. The van der Waals surface area contributed by atoms with Gasteiger partial charge in [-0.1, -0.05) is 0 Å². The molecule has 7 heteroatoms. The maximum absolute atomic E-state index is 12.6. The van der Waals surface area contributed by atoms with E-state index in [1.165, 1.54) is 5.56 Å². The fraction of sp³-hybridized carbons (Fsp3) is 0.550. The number of nitrogens with zero attached hydrogens (tertiary/aromatic N) is 3. The molecule has 2 aromatic rings. The number of aromatic amines is 1. The number of rotatable bonds is 5. The molecule has 144 valence electrons. The molecule has 2 fully saturated rings. The molecule has 1 spiro atoms. The summed E-state index contributed by atoms with van der Waals surface area (Å²) in [6, 6.07) is 4.34. The van der Waals surface area contributed by atoms with Crippen molar-refractivity contribution in [3.05, 3.63) is 39.8 Å². The first-order chi connectivity index (χ1) is 13.0. The number of nitrogens with one attached hydrogen (secondary N) is 1. The number of carbonyl (C=O) groups is 2. The zero-order valence-corrected chi connectivity index (χ0v) is 16.7. The van der Waals surface area contributed by atoms with E-state index in [1.54, 1.807) is 18.3 Å². The second-order valence-electron chi connectivity index (χ2n) is 7.96. The highest BCUT2D eigenvalue weighted by Gasteiger charge is 2.58. The number of thiophene rings is 1. The van der Waals surface area contributed by atoms with E-state index in [-0.39, 0.29) is 17.2 Å². The van der Waals surface area contributed by atoms with Crippen LogP contribution in [0.5, 0.6) is 0 Å². The Balaban J connectivity index is 1.33. The number of carbonyl (C=O) groups excluding carboxylic acids is 2. The van der Waals surface area contributed by atoms with Gasteiger partial charge in [-0.2, -0.15) is 16.4 Å². The van der Waals surface area contributed by atoms with Gasteiger partial charge in [-0.05, 0) is 60.1 Å². The monoisotopic (exact) mass is 386 g/mol. The minimum Gasteiger partial charge on any atom is -0.342 e. The molecule has 2 aromatic heterocycles. The highest BCUT2D eigenvalue weighted by Crippen LogP contribution is 2.57. The van der Waals surface area contributed by atoms with Crippen molar-refractivity contribution >= 4 is 23.2 Å². The van der Waals surface area contributed by atoms with Gasteiger partial charge in [-0.15, -0.1) is 0 Å². The van der Waals surface area contributed by atoms with Gasteiger partial charge in [0.2, 0.25) is 11.8 Å². The Hall–Kier alpha value is -2.15. The smallest absolute Gasteiger partial charge is 0.228 e. The molecule has 1 N–H and O–H groups in total. The van der Waals surface area contributed by atoms with E-state index in [0.29, 0.717) is 19.0 Å². The van der Waals surface area contributed by atoms with Crippen LogP contribution in [0.2, 0.25) is 0 Å². The van der Waals surface area contributed by atoms with E-state index < -0.39 is 0 Å². The zero-order chi connectivity index (χ0) is 19.0. The molecule has 1 unspecified atom stereocenters. The Bertz CT molecular complexity index is 821. The van der Waals surface area contributed by atoms with Crippen LogP contribution >= 0.6 is 11.3 Å². The summed E-state index contributed by atoms with van der Waals surface area (Å²) in [7, 11) is 0. The first-order valence-corrected chi connectivity index (χ1v) is 10.5. The van der Waals surface area contributed by atoms with Gasteiger partial charge in [0.05, 0.1) is 12.1 Å². The Morgan fingerprint density at radius 1 is 1.41 bits per heavy atom. The molecule has 1 atom stereocenters. The first kappa shape index (κ1) is 18.2. The molecule has 1 aliphatic carbocycles. The quantitative estimate of drug-likeness (QED) is 0.859. The Kier molecular flexibility index (Phi) is 4.80. The summed E-state index contributed by atoms with van der Waals surface area (Å²) >= 11 is 1.67. The topological polar surface area (TPSA) is 69.3 Å². The van der Waals surface area contributed by atoms with E-state index in [0.717, 1.165) is 43.7 Å². The van der Waals surface area contributed by atoms with Crippen molar-refractivity contribution in [3.63, 3.8) is 0 Å². The lowest BCUT2D eigenvalue weighted by Crippen LogP contribution is -2.43. The normalized spacial score (nSPS) is 20.7. The molecule has 0 radical (unpaired) electrons. The van der Waals surface area contributed by atoms with Gasteiger partial charge in [0.25, 0.3) is 0 Å². The van der Waals surface area contributed by atoms with Crippen LogP contribution in [0.4, 0.5) is 0 Å². The van der Waals surface area contributed by atoms with Crippen LogP contribution in [0.1, 0.15) is 43.1 Å². The molecule has 1 saturated carbocycles. The molecule has 2 aliphatic rings. The third kappa shape index (κ3) is 3.78. The average molecular weight is 387 g/mol. The van der Waals surface area contributed by atoms with E-state index in [1.807, 2.05) is 22.8 Å². The molecule has 0 aromatic carbocycles. The highest BCUT2D eigenvalue weighted by atomic mass is 32.1. The lowest BCUT2D eigenvalue weighted by Gasteiger charge is -2.34. The minimum absolute atomic E-state index is 0.148.